The molecule has 1 N–H and O–H groups in total. The summed E-state index contributed by atoms with van der Waals surface area (Å²) in [4.78, 5) is 33.1. The van der Waals surface area contributed by atoms with Crippen LogP contribution in [0.2, 0.25) is 0 Å². The lowest BCUT2D eigenvalue weighted by atomic mass is 10.0. The lowest BCUT2D eigenvalue weighted by Crippen LogP contribution is -2.54. The lowest BCUT2D eigenvalue weighted by molar-refractivity contribution is -0.258. The third-order valence-electron chi connectivity index (χ3n) is 2.58. The van der Waals surface area contributed by atoms with Gasteiger partial charge in [0.15, 0.2) is 6.10 Å². The second kappa shape index (κ2) is 7.20. The molecule has 1 fully saturated rings. The molecule has 114 valence electrons. The van der Waals surface area contributed by atoms with E-state index in [1.165, 1.54) is 20.8 Å². The average Bonchev–Trinajstić information content (AvgIpc) is 2.30. The number of aliphatic hydroxyl groups is 1. The molecular weight excluding hydrogens is 272 g/mol. The fourth-order valence-corrected chi connectivity index (χ4v) is 1.97. The second-order valence-electron chi connectivity index (χ2n) is 4.35. The van der Waals surface area contributed by atoms with Crippen LogP contribution in [0, 0.1) is 0 Å². The van der Waals surface area contributed by atoms with Crippen molar-refractivity contribution in [3.63, 3.8) is 0 Å². The summed E-state index contributed by atoms with van der Waals surface area (Å²) in [6.45, 7) is 3.12. The lowest BCUT2D eigenvalue weighted by Gasteiger charge is -2.39. The highest BCUT2D eigenvalue weighted by molar-refractivity contribution is 5.67. The first-order valence-electron chi connectivity index (χ1n) is 6.11. The van der Waals surface area contributed by atoms with Crippen molar-refractivity contribution in [1.82, 2.24) is 0 Å². The monoisotopic (exact) mass is 290 g/mol. The van der Waals surface area contributed by atoms with Gasteiger partial charge in [0, 0.05) is 20.8 Å². The van der Waals surface area contributed by atoms with Crippen LogP contribution in [0.3, 0.4) is 0 Å². The van der Waals surface area contributed by atoms with Crippen LogP contribution < -0.4 is 0 Å². The van der Waals surface area contributed by atoms with Gasteiger partial charge in [-0.1, -0.05) is 0 Å². The number of esters is 3. The maximum absolute atomic E-state index is 11.1. The van der Waals surface area contributed by atoms with Crippen molar-refractivity contribution in [2.24, 2.45) is 0 Å². The van der Waals surface area contributed by atoms with Gasteiger partial charge in [0.05, 0.1) is 13.0 Å². The molecule has 20 heavy (non-hydrogen) atoms. The highest BCUT2D eigenvalue weighted by Gasteiger charge is 2.43. The van der Waals surface area contributed by atoms with Crippen molar-refractivity contribution >= 4 is 17.9 Å². The molecule has 1 aliphatic rings. The Balaban J connectivity index is 2.86. The maximum atomic E-state index is 11.1. The van der Waals surface area contributed by atoms with Gasteiger partial charge in [-0.2, -0.15) is 0 Å². The summed E-state index contributed by atoms with van der Waals surface area (Å²) in [7, 11) is 0. The maximum Gasteiger partial charge on any atom is 0.304 e. The summed E-state index contributed by atoms with van der Waals surface area (Å²) in [5, 5.41) is 9.28. The van der Waals surface area contributed by atoms with Crippen LogP contribution in [0.15, 0.2) is 0 Å². The molecule has 1 saturated heterocycles. The third-order valence-corrected chi connectivity index (χ3v) is 2.58. The first-order chi connectivity index (χ1) is 9.33. The van der Waals surface area contributed by atoms with Crippen LogP contribution in [-0.4, -0.2) is 54.2 Å². The Morgan fingerprint density at radius 1 is 1.05 bits per heavy atom. The van der Waals surface area contributed by atoms with Crippen molar-refractivity contribution in [3.8, 4) is 0 Å². The van der Waals surface area contributed by atoms with Crippen LogP contribution in [0.1, 0.15) is 27.2 Å². The summed E-state index contributed by atoms with van der Waals surface area (Å²) in [6, 6.07) is 0. The molecular formula is C12H18O8. The van der Waals surface area contributed by atoms with Gasteiger partial charge in [-0.25, -0.2) is 0 Å². The molecule has 8 heteroatoms. The molecule has 8 nitrogen and oxygen atoms in total. The molecule has 1 rings (SSSR count). The van der Waals surface area contributed by atoms with Gasteiger partial charge in [0.25, 0.3) is 0 Å². The molecule has 0 amide bonds. The fourth-order valence-electron chi connectivity index (χ4n) is 1.97. The molecule has 1 heterocycles. The van der Waals surface area contributed by atoms with Crippen molar-refractivity contribution < 1.29 is 38.4 Å². The van der Waals surface area contributed by atoms with Crippen LogP contribution in [0.5, 0.6) is 0 Å². The molecule has 0 aliphatic carbocycles. The molecule has 1 aliphatic heterocycles. The van der Waals surface area contributed by atoms with E-state index in [4.69, 9.17) is 18.9 Å². The van der Waals surface area contributed by atoms with Crippen molar-refractivity contribution in [1.29, 1.82) is 0 Å². The average molecular weight is 290 g/mol. The summed E-state index contributed by atoms with van der Waals surface area (Å²) >= 11 is 0. The zero-order valence-electron chi connectivity index (χ0n) is 11.5. The van der Waals surface area contributed by atoms with E-state index in [0.29, 0.717) is 0 Å². The Kier molecular flexibility index (Phi) is 5.90. The highest BCUT2D eigenvalue weighted by Crippen LogP contribution is 2.26. The predicted molar refractivity (Wildman–Crippen MR) is 63.2 cm³/mol. The zero-order chi connectivity index (χ0) is 15.3. The van der Waals surface area contributed by atoms with Crippen LogP contribution >= 0.6 is 0 Å². The topological polar surface area (TPSA) is 108 Å². The first kappa shape index (κ1) is 16.4. The largest absolute Gasteiger partial charge is 0.458 e. The number of aliphatic hydroxyl groups excluding tert-OH is 1. The van der Waals surface area contributed by atoms with Crippen molar-refractivity contribution in [3.05, 3.63) is 0 Å². The first-order valence-corrected chi connectivity index (χ1v) is 6.11. The van der Waals surface area contributed by atoms with Gasteiger partial charge in [-0.05, 0) is 0 Å². The highest BCUT2D eigenvalue weighted by atomic mass is 16.7. The Labute approximate surface area is 115 Å². The molecule has 4 atom stereocenters. The zero-order valence-corrected chi connectivity index (χ0v) is 11.5. The van der Waals surface area contributed by atoms with E-state index in [2.05, 4.69) is 0 Å². The van der Waals surface area contributed by atoms with Gasteiger partial charge in [0.2, 0.25) is 6.29 Å². The Hall–Kier alpha value is -1.67. The van der Waals surface area contributed by atoms with E-state index in [9.17, 15) is 19.5 Å². The molecule has 1 unspecified atom stereocenters. The number of carbonyl (C=O) groups excluding carboxylic acids is 3. The number of hydrogen-bond acceptors (Lipinski definition) is 8. The van der Waals surface area contributed by atoms with Crippen LogP contribution in [-0.2, 0) is 33.3 Å². The summed E-state index contributed by atoms with van der Waals surface area (Å²) in [5.74, 6) is -1.74. The minimum atomic E-state index is -0.971. The normalized spacial score (nSPS) is 29.4. The summed E-state index contributed by atoms with van der Waals surface area (Å²) < 4.78 is 20.3. The Morgan fingerprint density at radius 3 is 2.05 bits per heavy atom. The number of ether oxygens (including phenoxy) is 4. The molecule has 0 bridgehead atoms. The van der Waals surface area contributed by atoms with E-state index in [-0.39, 0.29) is 6.42 Å². The van der Waals surface area contributed by atoms with E-state index < -0.39 is 49.1 Å². The van der Waals surface area contributed by atoms with Crippen molar-refractivity contribution in [2.75, 3.05) is 6.61 Å². The van der Waals surface area contributed by atoms with E-state index in [0.717, 1.165) is 0 Å². The Bertz CT molecular complexity index is 380. The molecule has 0 aromatic heterocycles. The number of rotatable bonds is 4. The summed E-state index contributed by atoms with van der Waals surface area (Å²) in [5.41, 5.74) is 0. The molecule has 0 radical (unpaired) electrons. The number of hydrogen-bond donors (Lipinski definition) is 1. The second-order valence-corrected chi connectivity index (χ2v) is 4.35. The quantitative estimate of drug-likeness (QED) is 0.546. The van der Waals surface area contributed by atoms with Gasteiger partial charge in [-0.3, -0.25) is 14.4 Å². The summed E-state index contributed by atoms with van der Waals surface area (Å²) in [6.07, 6.45) is -3.70. The van der Waals surface area contributed by atoms with Gasteiger partial charge in [0.1, 0.15) is 12.2 Å². The van der Waals surface area contributed by atoms with Gasteiger partial charge >= 0.3 is 17.9 Å². The molecule has 0 aromatic rings. The molecule has 0 spiro atoms. The van der Waals surface area contributed by atoms with Crippen LogP contribution in [0.4, 0.5) is 0 Å². The molecule has 0 aromatic carbocycles. The molecule has 0 saturated carbocycles. The standard InChI is InChI=1S/C12H18O8/c1-6(14)17-9-4-11(18-7(2)15)20-10(5-13)12(9)19-8(3)16/h9-13H,4-5H2,1-3H3/t9-,10-,11?,12+/m1/s1. The smallest absolute Gasteiger partial charge is 0.304 e. The van der Waals surface area contributed by atoms with Crippen LogP contribution in [0.25, 0.3) is 0 Å². The van der Waals surface area contributed by atoms with E-state index in [1.807, 2.05) is 0 Å². The number of carbonyl (C=O) groups is 3. The van der Waals surface area contributed by atoms with E-state index >= 15 is 0 Å². The predicted octanol–water partition coefficient (Wildman–Crippen LogP) is -0.480. The minimum absolute atomic E-state index is 0.0214. The van der Waals surface area contributed by atoms with E-state index in [1.54, 1.807) is 0 Å². The minimum Gasteiger partial charge on any atom is -0.458 e. The fraction of sp³-hybridized carbons (Fsp3) is 0.750. The Morgan fingerprint density at radius 2 is 1.60 bits per heavy atom. The SMILES string of the molecule is CC(=O)OC1C[C@@H](OC(C)=O)[C@H](OC(C)=O)[C@@H](CO)O1. The van der Waals surface area contributed by atoms with Gasteiger partial charge in [-0.15, -0.1) is 0 Å². The van der Waals surface area contributed by atoms with Gasteiger partial charge < -0.3 is 24.1 Å². The third kappa shape index (κ3) is 4.78. The van der Waals surface area contributed by atoms with Crippen molar-refractivity contribution in [2.45, 2.75) is 51.8 Å².